The van der Waals surface area contributed by atoms with Crippen molar-refractivity contribution in [2.24, 2.45) is 0 Å². The molecule has 2 aromatic carbocycles. The quantitative estimate of drug-likeness (QED) is 0.846. The van der Waals surface area contributed by atoms with E-state index in [0.29, 0.717) is 0 Å². The molecule has 19 heavy (non-hydrogen) atoms. The lowest BCUT2D eigenvalue weighted by Crippen LogP contribution is -2.04. The summed E-state index contributed by atoms with van der Waals surface area (Å²) in [6.45, 7) is 2.02. The highest BCUT2D eigenvalue weighted by Crippen LogP contribution is 2.22. The van der Waals surface area contributed by atoms with Crippen molar-refractivity contribution in [3.63, 3.8) is 0 Å². The lowest BCUT2D eigenvalue weighted by molar-refractivity contribution is 0.270. The summed E-state index contributed by atoms with van der Waals surface area (Å²) in [6.07, 6.45) is 0. The molecule has 0 heterocycles. The average Bonchev–Trinajstić information content (AvgIpc) is 2.42. The number of rotatable bonds is 3. The molecule has 2 rings (SSSR count). The molecule has 4 heteroatoms. The average molecular weight is 273 g/mol. The lowest BCUT2D eigenvalue weighted by atomic mass is 10.2. The van der Waals surface area contributed by atoms with Crippen molar-refractivity contribution in [2.45, 2.75) is 11.8 Å². The Morgan fingerprint density at radius 2 is 1.68 bits per heavy atom. The maximum Gasteiger partial charge on any atom is 0.288 e. The summed E-state index contributed by atoms with van der Waals surface area (Å²) < 4.78 is 5.06. The zero-order chi connectivity index (χ0) is 13.7. The molecule has 0 aliphatic carbocycles. The van der Waals surface area contributed by atoms with E-state index in [0.717, 1.165) is 16.3 Å². The first-order valence-corrected chi connectivity index (χ1v) is 6.68. The standard InChI is InChI=1S/C15H15NO2S/c1-11-3-9-14(10-4-11)19-15(17)16-12-5-7-13(18-2)8-6-12/h3-10H,1-2H3,(H,16,17). The molecule has 0 spiro atoms. The van der Waals surface area contributed by atoms with E-state index in [2.05, 4.69) is 5.32 Å². The maximum absolute atomic E-state index is 11.8. The van der Waals surface area contributed by atoms with E-state index in [4.69, 9.17) is 4.74 Å². The molecule has 1 amide bonds. The molecular weight excluding hydrogens is 258 g/mol. The van der Waals surface area contributed by atoms with E-state index in [1.807, 2.05) is 55.5 Å². The molecule has 0 fully saturated rings. The number of carbonyl (C=O) groups excluding carboxylic acids is 1. The molecule has 98 valence electrons. The second-order valence-corrected chi connectivity index (χ2v) is 5.10. The van der Waals surface area contributed by atoms with Crippen molar-refractivity contribution in [2.75, 3.05) is 12.4 Å². The Morgan fingerprint density at radius 3 is 2.26 bits per heavy atom. The van der Waals surface area contributed by atoms with Gasteiger partial charge in [0.1, 0.15) is 5.75 Å². The van der Waals surface area contributed by atoms with Crippen LogP contribution in [0.2, 0.25) is 0 Å². The lowest BCUT2D eigenvalue weighted by Gasteiger charge is -2.06. The Bertz CT molecular complexity index is 549. The highest BCUT2D eigenvalue weighted by Gasteiger charge is 2.05. The van der Waals surface area contributed by atoms with Crippen LogP contribution in [0, 0.1) is 6.92 Å². The minimum atomic E-state index is -0.103. The molecule has 0 unspecified atom stereocenters. The SMILES string of the molecule is COc1ccc(NC(=O)Sc2ccc(C)cc2)cc1. The van der Waals surface area contributed by atoms with Gasteiger partial charge in [-0.25, -0.2) is 0 Å². The van der Waals surface area contributed by atoms with Crippen molar-refractivity contribution in [1.82, 2.24) is 0 Å². The van der Waals surface area contributed by atoms with Crippen LogP contribution in [0.3, 0.4) is 0 Å². The number of anilines is 1. The number of hydrogen-bond donors (Lipinski definition) is 1. The molecule has 0 aliphatic heterocycles. The largest absolute Gasteiger partial charge is 0.497 e. The number of aryl methyl sites for hydroxylation is 1. The molecular formula is C15H15NO2S. The van der Waals surface area contributed by atoms with E-state index >= 15 is 0 Å². The fourth-order valence-electron chi connectivity index (χ4n) is 1.53. The van der Waals surface area contributed by atoms with Crippen LogP contribution in [-0.4, -0.2) is 12.3 Å². The van der Waals surface area contributed by atoms with Gasteiger partial charge < -0.3 is 10.1 Å². The smallest absolute Gasteiger partial charge is 0.288 e. The zero-order valence-corrected chi connectivity index (χ0v) is 11.7. The van der Waals surface area contributed by atoms with Crippen molar-refractivity contribution < 1.29 is 9.53 Å². The van der Waals surface area contributed by atoms with Gasteiger partial charge in [0, 0.05) is 10.6 Å². The van der Waals surface area contributed by atoms with Gasteiger partial charge in [0.15, 0.2) is 0 Å². The van der Waals surface area contributed by atoms with Gasteiger partial charge in [0.05, 0.1) is 7.11 Å². The molecule has 1 N–H and O–H groups in total. The van der Waals surface area contributed by atoms with E-state index in [-0.39, 0.29) is 5.24 Å². The van der Waals surface area contributed by atoms with Crippen LogP contribution >= 0.6 is 11.8 Å². The maximum atomic E-state index is 11.8. The van der Waals surface area contributed by atoms with Crippen LogP contribution in [0.1, 0.15) is 5.56 Å². The summed E-state index contributed by atoms with van der Waals surface area (Å²) in [4.78, 5) is 12.8. The van der Waals surface area contributed by atoms with Crippen LogP contribution < -0.4 is 10.1 Å². The number of amides is 1. The second-order valence-electron chi connectivity index (χ2n) is 4.06. The summed E-state index contributed by atoms with van der Waals surface area (Å²) in [5.74, 6) is 0.768. The molecule has 2 aromatic rings. The minimum Gasteiger partial charge on any atom is -0.497 e. The summed E-state index contributed by atoms with van der Waals surface area (Å²) in [5, 5.41) is 2.72. The summed E-state index contributed by atoms with van der Waals surface area (Å²) in [5.41, 5.74) is 1.94. The number of nitrogens with one attached hydrogen (secondary N) is 1. The first kappa shape index (κ1) is 13.5. The molecule has 0 radical (unpaired) electrons. The summed E-state index contributed by atoms with van der Waals surface area (Å²) in [6, 6.07) is 15.1. The molecule has 0 saturated heterocycles. The van der Waals surface area contributed by atoms with Gasteiger partial charge in [0.2, 0.25) is 0 Å². The zero-order valence-electron chi connectivity index (χ0n) is 10.8. The Hall–Kier alpha value is -1.94. The fraction of sp³-hybridized carbons (Fsp3) is 0.133. The van der Waals surface area contributed by atoms with E-state index in [1.54, 1.807) is 7.11 Å². The normalized spacial score (nSPS) is 10.0. The first-order valence-electron chi connectivity index (χ1n) is 5.87. The highest BCUT2D eigenvalue weighted by atomic mass is 32.2. The topological polar surface area (TPSA) is 38.3 Å². The monoisotopic (exact) mass is 273 g/mol. The third-order valence-corrected chi connectivity index (χ3v) is 3.36. The Morgan fingerprint density at radius 1 is 1.05 bits per heavy atom. The number of carbonyl (C=O) groups is 1. The van der Waals surface area contributed by atoms with Crippen molar-refractivity contribution in [1.29, 1.82) is 0 Å². The van der Waals surface area contributed by atoms with Crippen LogP contribution in [0.5, 0.6) is 5.75 Å². The Kier molecular flexibility index (Phi) is 4.47. The first-order chi connectivity index (χ1) is 9.17. The van der Waals surface area contributed by atoms with Crippen molar-refractivity contribution in [3.05, 3.63) is 54.1 Å². The van der Waals surface area contributed by atoms with Crippen LogP contribution in [-0.2, 0) is 0 Å². The predicted molar refractivity (Wildman–Crippen MR) is 79.0 cm³/mol. The van der Waals surface area contributed by atoms with Crippen LogP contribution in [0.25, 0.3) is 0 Å². The number of ether oxygens (including phenoxy) is 1. The fourth-order valence-corrected chi connectivity index (χ4v) is 2.19. The van der Waals surface area contributed by atoms with E-state index in [9.17, 15) is 4.79 Å². The number of methoxy groups -OCH3 is 1. The van der Waals surface area contributed by atoms with Crippen molar-refractivity contribution >= 4 is 22.7 Å². The Balaban J connectivity index is 1.95. The predicted octanol–water partition coefficient (Wildman–Crippen LogP) is 4.33. The van der Waals surface area contributed by atoms with Gasteiger partial charge in [-0.2, -0.15) is 0 Å². The van der Waals surface area contributed by atoms with Crippen LogP contribution in [0.4, 0.5) is 10.5 Å². The van der Waals surface area contributed by atoms with Gasteiger partial charge in [-0.3, -0.25) is 4.79 Å². The third kappa shape index (κ3) is 4.03. The molecule has 0 saturated carbocycles. The second kappa shape index (κ2) is 6.29. The van der Waals surface area contributed by atoms with Gasteiger partial charge in [-0.15, -0.1) is 0 Å². The molecule has 0 aliphatic rings. The van der Waals surface area contributed by atoms with E-state index < -0.39 is 0 Å². The van der Waals surface area contributed by atoms with Gasteiger partial charge in [-0.1, -0.05) is 17.7 Å². The van der Waals surface area contributed by atoms with Gasteiger partial charge >= 0.3 is 0 Å². The molecule has 3 nitrogen and oxygen atoms in total. The number of benzene rings is 2. The number of thioether (sulfide) groups is 1. The Labute approximate surface area is 117 Å². The minimum absolute atomic E-state index is 0.103. The van der Waals surface area contributed by atoms with E-state index in [1.165, 1.54) is 17.3 Å². The van der Waals surface area contributed by atoms with Crippen molar-refractivity contribution in [3.8, 4) is 5.75 Å². The summed E-state index contributed by atoms with van der Waals surface area (Å²) >= 11 is 1.18. The van der Waals surface area contributed by atoms with Crippen LogP contribution in [0.15, 0.2) is 53.4 Å². The third-order valence-electron chi connectivity index (χ3n) is 2.57. The molecule has 0 bridgehead atoms. The number of hydrogen-bond acceptors (Lipinski definition) is 3. The molecule has 0 aromatic heterocycles. The molecule has 0 atom stereocenters. The van der Waals surface area contributed by atoms with Gasteiger partial charge in [-0.05, 0) is 55.1 Å². The summed E-state index contributed by atoms with van der Waals surface area (Å²) in [7, 11) is 1.61. The highest BCUT2D eigenvalue weighted by molar-refractivity contribution is 8.13. The van der Waals surface area contributed by atoms with Gasteiger partial charge in [0.25, 0.3) is 5.24 Å².